The number of carboxylic acid groups (broad SMARTS) is 1. The second-order valence-electron chi connectivity index (χ2n) is 10.7. The largest absolute Gasteiger partial charge is 0.550 e. The number of piperidine rings is 2. The van der Waals surface area contributed by atoms with Gasteiger partial charge in [0.1, 0.15) is 0 Å². The van der Waals surface area contributed by atoms with E-state index < -0.39 is 5.97 Å². The van der Waals surface area contributed by atoms with Gasteiger partial charge in [-0.15, -0.1) is 0 Å². The van der Waals surface area contributed by atoms with Crippen molar-refractivity contribution in [1.82, 2.24) is 14.5 Å². The Morgan fingerprint density at radius 1 is 0.973 bits per heavy atom. The number of likely N-dealkylation sites (tertiary alicyclic amines) is 2. The number of para-hydroxylation sites is 2. The Kier molecular flexibility index (Phi) is 7.74. The quantitative estimate of drug-likeness (QED) is 0.473. The molecular weight excluding hydrogens is 468 g/mol. The number of amides is 1. The van der Waals surface area contributed by atoms with Crippen LogP contribution in [0.4, 0.5) is 0 Å². The number of hydrogen-bond donors (Lipinski definition) is 2. The predicted octanol–water partition coefficient (Wildman–Crippen LogP) is 0.787. The van der Waals surface area contributed by atoms with Crippen LogP contribution in [-0.2, 0) is 16.0 Å². The van der Waals surface area contributed by atoms with Gasteiger partial charge in [-0.25, -0.2) is 4.79 Å². The molecule has 3 aromatic rings. The number of imidazole rings is 1. The lowest BCUT2D eigenvalue weighted by Crippen LogP contribution is -3.13. The number of aliphatic carboxylic acids is 1. The summed E-state index contributed by atoms with van der Waals surface area (Å²) in [5.41, 5.74) is 2.81. The van der Waals surface area contributed by atoms with Crippen LogP contribution in [0.15, 0.2) is 59.4 Å². The highest BCUT2D eigenvalue weighted by atomic mass is 16.4. The number of hydrogen-bond acceptors (Lipinski definition) is 4. The molecule has 0 spiro atoms. The fourth-order valence-electron chi connectivity index (χ4n) is 6.34. The minimum absolute atomic E-state index is 0.0396. The van der Waals surface area contributed by atoms with Gasteiger partial charge in [0.2, 0.25) is 5.91 Å². The number of rotatable bonds is 8. The lowest BCUT2D eigenvalue weighted by atomic mass is 9.80. The highest BCUT2D eigenvalue weighted by molar-refractivity contribution is 5.79. The molecule has 2 N–H and O–H groups in total. The fourth-order valence-corrected chi connectivity index (χ4v) is 6.34. The Balaban J connectivity index is 1.17. The van der Waals surface area contributed by atoms with Crippen LogP contribution < -0.4 is 15.7 Å². The SMILES string of the molecule is O=C([O-])C[C@@H]1CCN(C(=O)Cc2ccccc2)C[C@@H]1CC[NH+]1CCC(n2c(=O)[nH]c3ccccc32)CC1. The monoisotopic (exact) mass is 504 g/mol. The number of nitrogens with one attached hydrogen (secondary N) is 2. The molecule has 2 aromatic carbocycles. The summed E-state index contributed by atoms with van der Waals surface area (Å²) in [6.45, 7) is 4.13. The van der Waals surface area contributed by atoms with E-state index >= 15 is 0 Å². The molecule has 3 heterocycles. The van der Waals surface area contributed by atoms with Crippen molar-refractivity contribution >= 4 is 22.9 Å². The maximum Gasteiger partial charge on any atom is 0.326 e. The van der Waals surface area contributed by atoms with Crippen molar-refractivity contribution in [3.63, 3.8) is 0 Å². The zero-order valence-electron chi connectivity index (χ0n) is 21.2. The highest BCUT2D eigenvalue weighted by Gasteiger charge is 2.33. The third-order valence-electron chi connectivity index (χ3n) is 8.39. The summed E-state index contributed by atoms with van der Waals surface area (Å²) in [4.78, 5) is 43.4. The molecule has 37 heavy (non-hydrogen) atoms. The number of nitrogens with zero attached hydrogens (tertiary/aromatic N) is 2. The number of aromatic amines is 1. The molecule has 1 amide bonds. The first-order valence-electron chi connectivity index (χ1n) is 13.5. The first-order valence-corrected chi connectivity index (χ1v) is 13.5. The van der Waals surface area contributed by atoms with Gasteiger partial charge < -0.3 is 24.7 Å². The third kappa shape index (κ3) is 5.96. The van der Waals surface area contributed by atoms with Crippen molar-refractivity contribution in [2.75, 3.05) is 32.7 Å². The molecule has 1 aromatic heterocycles. The van der Waals surface area contributed by atoms with E-state index in [1.54, 1.807) is 0 Å². The van der Waals surface area contributed by atoms with Crippen molar-refractivity contribution in [3.05, 3.63) is 70.6 Å². The number of carbonyl (C=O) groups excluding carboxylic acids is 2. The first kappa shape index (κ1) is 25.3. The number of carboxylic acids is 1. The van der Waals surface area contributed by atoms with Crippen LogP contribution in [0.25, 0.3) is 11.0 Å². The molecule has 0 saturated carbocycles. The molecule has 8 nitrogen and oxygen atoms in total. The van der Waals surface area contributed by atoms with E-state index in [1.165, 1.54) is 4.90 Å². The summed E-state index contributed by atoms with van der Waals surface area (Å²) >= 11 is 0. The van der Waals surface area contributed by atoms with E-state index in [2.05, 4.69) is 4.98 Å². The second kappa shape index (κ2) is 11.3. The molecule has 0 bridgehead atoms. The van der Waals surface area contributed by atoms with Gasteiger partial charge in [-0.1, -0.05) is 42.5 Å². The Morgan fingerprint density at radius 3 is 2.46 bits per heavy atom. The zero-order chi connectivity index (χ0) is 25.8. The van der Waals surface area contributed by atoms with E-state index in [9.17, 15) is 19.5 Å². The molecule has 0 radical (unpaired) electrons. The number of H-pyrrole nitrogens is 1. The van der Waals surface area contributed by atoms with E-state index in [4.69, 9.17) is 0 Å². The Morgan fingerprint density at radius 2 is 1.70 bits per heavy atom. The smallest absolute Gasteiger partial charge is 0.326 e. The van der Waals surface area contributed by atoms with Crippen LogP contribution in [0.1, 0.15) is 43.7 Å². The standard InChI is InChI=1S/C29H36N4O4/c34-27(18-21-6-2-1-3-7-21)32-17-11-22(19-28(35)36)23(20-32)10-14-31-15-12-24(13-16-31)33-26-9-5-4-8-25(26)30-29(33)37/h1-9,22-24H,10-20H2,(H,30,37)(H,35,36)/t22-,23-/m0/s1. The average molecular weight is 505 g/mol. The van der Waals surface area contributed by atoms with Crippen LogP contribution in [0, 0.1) is 11.8 Å². The van der Waals surface area contributed by atoms with Crippen LogP contribution in [0.5, 0.6) is 0 Å². The van der Waals surface area contributed by atoms with Gasteiger partial charge in [0.25, 0.3) is 0 Å². The molecule has 2 atom stereocenters. The molecule has 5 rings (SSSR count). The molecule has 2 aliphatic rings. The Bertz CT molecular complexity index is 1280. The number of quaternary nitrogens is 1. The number of fused-ring (bicyclic) bond motifs is 1. The predicted molar refractivity (Wildman–Crippen MR) is 139 cm³/mol. The number of benzene rings is 2. The maximum atomic E-state index is 13.0. The van der Waals surface area contributed by atoms with Crippen LogP contribution in [0.2, 0.25) is 0 Å². The summed E-state index contributed by atoms with van der Waals surface area (Å²) in [5, 5.41) is 11.4. The first-order chi connectivity index (χ1) is 18.0. The van der Waals surface area contributed by atoms with Gasteiger partial charge in [0.05, 0.1) is 37.1 Å². The molecule has 2 saturated heterocycles. The normalized spacial score (nSPS) is 24.3. The number of carbonyl (C=O) groups is 2. The molecule has 196 valence electrons. The Hall–Kier alpha value is -3.39. The number of aromatic nitrogens is 2. The topological polar surface area (TPSA) is 103 Å². The lowest BCUT2D eigenvalue weighted by molar-refractivity contribution is -0.906. The van der Waals surface area contributed by atoms with E-state index in [1.807, 2.05) is 64.1 Å². The molecule has 8 heteroatoms. The minimum atomic E-state index is -1.00. The van der Waals surface area contributed by atoms with Crippen molar-refractivity contribution in [3.8, 4) is 0 Å². The molecule has 2 fully saturated rings. The van der Waals surface area contributed by atoms with E-state index in [-0.39, 0.29) is 35.9 Å². The molecule has 0 aliphatic carbocycles. The highest BCUT2D eigenvalue weighted by Crippen LogP contribution is 2.29. The third-order valence-corrected chi connectivity index (χ3v) is 8.39. The summed E-state index contributed by atoms with van der Waals surface area (Å²) in [6.07, 6.45) is 3.91. The maximum absolute atomic E-state index is 13.0. The van der Waals surface area contributed by atoms with Gasteiger partial charge in [-0.05, 0) is 42.4 Å². The van der Waals surface area contributed by atoms with Gasteiger partial charge in [0, 0.05) is 44.4 Å². The summed E-state index contributed by atoms with van der Waals surface area (Å²) in [6, 6.07) is 17.8. The van der Waals surface area contributed by atoms with E-state index in [0.29, 0.717) is 25.9 Å². The fraction of sp³-hybridized carbons (Fsp3) is 0.483. The molecular formula is C29H36N4O4. The minimum Gasteiger partial charge on any atom is -0.550 e. The van der Waals surface area contributed by atoms with Gasteiger partial charge >= 0.3 is 5.69 Å². The van der Waals surface area contributed by atoms with Crippen molar-refractivity contribution < 1.29 is 19.6 Å². The summed E-state index contributed by atoms with van der Waals surface area (Å²) in [5.74, 6) is -0.683. The van der Waals surface area contributed by atoms with Gasteiger partial charge in [-0.2, -0.15) is 0 Å². The molecule has 0 unspecified atom stereocenters. The van der Waals surface area contributed by atoms with Crippen LogP contribution >= 0.6 is 0 Å². The van der Waals surface area contributed by atoms with E-state index in [0.717, 1.165) is 55.5 Å². The van der Waals surface area contributed by atoms with Crippen LogP contribution in [-0.4, -0.2) is 59.1 Å². The van der Waals surface area contributed by atoms with Gasteiger partial charge in [-0.3, -0.25) is 9.36 Å². The van der Waals surface area contributed by atoms with Crippen molar-refractivity contribution in [2.24, 2.45) is 11.8 Å². The lowest BCUT2D eigenvalue weighted by Gasteiger charge is -2.40. The zero-order valence-corrected chi connectivity index (χ0v) is 21.2. The van der Waals surface area contributed by atoms with Crippen LogP contribution in [0.3, 0.4) is 0 Å². The van der Waals surface area contributed by atoms with Crippen molar-refractivity contribution in [2.45, 2.75) is 44.6 Å². The Labute approximate surface area is 216 Å². The van der Waals surface area contributed by atoms with Crippen molar-refractivity contribution in [1.29, 1.82) is 0 Å². The van der Waals surface area contributed by atoms with Gasteiger partial charge in [0.15, 0.2) is 0 Å². The average Bonchev–Trinajstić information content (AvgIpc) is 3.24. The second-order valence-corrected chi connectivity index (χ2v) is 10.7. The molecule has 2 aliphatic heterocycles. The summed E-state index contributed by atoms with van der Waals surface area (Å²) < 4.78 is 1.92. The summed E-state index contributed by atoms with van der Waals surface area (Å²) in [7, 11) is 0.